The highest BCUT2D eigenvalue weighted by Crippen LogP contribution is 2.26. The van der Waals surface area contributed by atoms with Crippen LogP contribution in [0.4, 0.5) is 0 Å². The fourth-order valence-electron chi connectivity index (χ4n) is 3.75. The molecule has 0 amide bonds. The number of nitrogens with zero attached hydrogens (tertiary/aromatic N) is 4. The van der Waals surface area contributed by atoms with Crippen molar-refractivity contribution in [2.75, 3.05) is 7.11 Å². The quantitative estimate of drug-likeness (QED) is 0.248. The van der Waals surface area contributed by atoms with Crippen molar-refractivity contribution in [2.45, 2.75) is 34.0 Å². The lowest BCUT2D eigenvalue weighted by Gasteiger charge is -2.15. The van der Waals surface area contributed by atoms with E-state index in [1.54, 1.807) is 18.4 Å². The van der Waals surface area contributed by atoms with Gasteiger partial charge in [-0.2, -0.15) is 11.3 Å². The van der Waals surface area contributed by atoms with Crippen molar-refractivity contribution in [1.29, 1.82) is 0 Å². The van der Waals surface area contributed by atoms with Gasteiger partial charge >= 0.3 is 11.7 Å². The molecule has 8 nitrogen and oxygen atoms in total. The molecule has 0 N–H and O–H groups in total. The molecule has 0 aliphatic rings. The molecule has 9 heteroatoms. The fourth-order valence-corrected chi connectivity index (χ4v) is 4.40. The maximum Gasteiger partial charge on any atom is 0.353 e. The average Bonchev–Trinajstić information content (AvgIpc) is 3.47. The lowest BCUT2D eigenvalue weighted by molar-refractivity contribution is 0.131. The van der Waals surface area contributed by atoms with Gasteiger partial charge in [0.05, 0.1) is 18.5 Å². The molecule has 0 saturated heterocycles. The second kappa shape index (κ2) is 10.6. The first-order chi connectivity index (χ1) is 16.9. The molecular formula is C26H28N4O4S. The highest BCUT2D eigenvalue weighted by molar-refractivity contribution is 7.07. The molecule has 35 heavy (non-hydrogen) atoms. The van der Waals surface area contributed by atoms with E-state index >= 15 is 0 Å². The molecule has 0 atom stereocenters. The minimum Gasteiger partial charge on any atom is -0.489 e. The Balaban J connectivity index is 1.53. The summed E-state index contributed by atoms with van der Waals surface area (Å²) in [5.74, 6) is 0.763. The molecule has 4 rings (SSSR count). The van der Waals surface area contributed by atoms with Gasteiger partial charge in [0.25, 0.3) is 0 Å². The van der Waals surface area contributed by atoms with Gasteiger partial charge in [-0.1, -0.05) is 23.4 Å². The zero-order valence-corrected chi connectivity index (χ0v) is 21.3. The van der Waals surface area contributed by atoms with E-state index in [4.69, 9.17) is 14.3 Å². The van der Waals surface area contributed by atoms with Crippen molar-refractivity contribution in [3.05, 3.63) is 91.5 Å². The summed E-state index contributed by atoms with van der Waals surface area (Å²) < 4.78 is 14.2. The summed E-state index contributed by atoms with van der Waals surface area (Å²) in [5, 5.41) is 12.5. The maximum atomic E-state index is 12.6. The van der Waals surface area contributed by atoms with E-state index in [9.17, 15) is 4.79 Å². The Bertz CT molecular complexity index is 1400. The molecule has 0 saturated carbocycles. The van der Waals surface area contributed by atoms with Gasteiger partial charge in [0, 0.05) is 23.7 Å². The molecule has 182 valence electrons. The molecule has 0 fully saturated rings. The van der Waals surface area contributed by atoms with Gasteiger partial charge in [0.2, 0.25) is 0 Å². The van der Waals surface area contributed by atoms with Crippen LogP contribution in [0.2, 0.25) is 0 Å². The van der Waals surface area contributed by atoms with E-state index in [1.165, 1.54) is 16.4 Å². The number of aromatic nitrogens is 3. The second-order valence-electron chi connectivity index (χ2n) is 8.16. The van der Waals surface area contributed by atoms with Crippen molar-refractivity contribution in [3.63, 3.8) is 0 Å². The summed E-state index contributed by atoms with van der Waals surface area (Å²) in [6.45, 7) is 6.68. The van der Waals surface area contributed by atoms with Gasteiger partial charge in [0.1, 0.15) is 19.0 Å². The lowest BCUT2D eigenvalue weighted by atomic mass is 10.0. The van der Waals surface area contributed by atoms with Crippen LogP contribution in [0, 0.1) is 13.8 Å². The Hall–Kier alpha value is -3.85. The molecule has 0 spiro atoms. The van der Waals surface area contributed by atoms with E-state index in [0.29, 0.717) is 12.3 Å². The lowest BCUT2D eigenvalue weighted by Crippen LogP contribution is -2.22. The first-order valence-electron chi connectivity index (χ1n) is 11.1. The van der Waals surface area contributed by atoms with Crippen LogP contribution >= 0.6 is 11.3 Å². The van der Waals surface area contributed by atoms with Gasteiger partial charge in [-0.05, 0) is 66.9 Å². The fraction of sp³-hybridized carbons (Fsp3) is 0.269. The molecule has 2 aromatic heterocycles. The van der Waals surface area contributed by atoms with Gasteiger partial charge in [-0.25, -0.2) is 14.0 Å². The Morgan fingerprint density at radius 2 is 1.91 bits per heavy atom. The molecule has 4 aromatic rings. The SMILES string of the molecule is COc1nn(C)c(=O)n1-c1ccccc1COc1cc(C)c(/C(C)=N/OCc2ccsc2)cc1C. The summed E-state index contributed by atoms with van der Waals surface area (Å²) in [6.07, 6.45) is 0. The molecule has 0 radical (unpaired) electrons. The number of ether oxygens (including phenoxy) is 2. The van der Waals surface area contributed by atoms with Crippen molar-refractivity contribution < 1.29 is 14.3 Å². The van der Waals surface area contributed by atoms with Gasteiger partial charge < -0.3 is 14.3 Å². The summed E-state index contributed by atoms with van der Waals surface area (Å²) in [5.41, 5.74) is 6.14. The molecule has 2 heterocycles. The number of benzene rings is 2. The van der Waals surface area contributed by atoms with Crippen LogP contribution in [-0.4, -0.2) is 27.2 Å². The summed E-state index contributed by atoms with van der Waals surface area (Å²) in [4.78, 5) is 18.2. The third-order valence-electron chi connectivity index (χ3n) is 5.62. The van der Waals surface area contributed by atoms with E-state index in [0.717, 1.165) is 39.3 Å². The monoisotopic (exact) mass is 492 g/mol. The second-order valence-corrected chi connectivity index (χ2v) is 8.94. The molecule has 0 aliphatic carbocycles. The Morgan fingerprint density at radius 1 is 1.11 bits per heavy atom. The minimum atomic E-state index is -0.290. The normalized spacial score (nSPS) is 11.5. The van der Waals surface area contributed by atoms with Crippen molar-refractivity contribution in [2.24, 2.45) is 12.2 Å². The molecule has 0 bridgehead atoms. The van der Waals surface area contributed by atoms with Crippen LogP contribution in [0.25, 0.3) is 5.69 Å². The van der Waals surface area contributed by atoms with Crippen molar-refractivity contribution in [1.82, 2.24) is 14.3 Å². The van der Waals surface area contributed by atoms with Crippen LogP contribution in [0.5, 0.6) is 11.8 Å². The number of oxime groups is 1. The number of para-hydroxylation sites is 1. The van der Waals surface area contributed by atoms with Gasteiger partial charge in [-0.3, -0.25) is 0 Å². The van der Waals surface area contributed by atoms with Gasteiger partial charge in [-0.15, -0.1) is 5.10 Å². The molecule has 0 unspecified atom stereocenters. The zero-order valence-electron chi connectivity index (χ0n) is 20.4. The number of aryl methyl sites for hydroxylation is 3. The summed E-state index contributed by atoms with van der Waals surface area (Å²) in [7, 11) is 3.08. The Morgan fingerprint density at radius 3 is 2.66 bits per heavy atom. The topological polar surface area (TPSA) is 79.9 Å². The van der Waals surface area contributed by atoms with E-state index in [2.05, 4.69) is 16.3 Å². The van der Waals surface area contributed by atoms with E-state index in [1.807, 2.05) is 67.9 Å². The zero-order chi connectivity index (χ0) is 24.9. The van der Waals surface area contributed by atoms with E-state index < -0.39 is 0 Å². The number of methoxy groups -OCH3 is 1. The smallest absolute Gasteiger partial charge is 0.353 e. The average molecular weight is 493 g/mol. The highest BCUT2D eigenvalue weighted by atomic mass is 32.1. The molecular weight excluding hydrogens is 464 g/mol. The Kier molecular flexibility index (Phi) is 7.36. The van der Waals surface area contributed by atoms with Crippen LogP contribution in [0.3, 0.4) is 0 Å². The standard InChI is InChI=1S/C26H28N4O4S/c1-17-13-24(18(2)12-22(17)19(3)28-34-14-20-10-11-35-16-20)33-15-21-8-6-7-9-23(21)30-25(32-5)27-29(4)26(30)31/h6-13,16H,14-15H2,1-5H3/b28-19+. The number of hydrogen-bond donors (Lipinski definition) is 0. The van der Waals surface area contributed by atoms with Crippen molar-refractivity contribution >= 4 is 17.0 Å². The largest absolute Gasteiger partial charge is 0.489 e. The minimum absolute atomic E-state index is 0.220. The molecule has 2 aromatic carbocycles. The third kappa shape index (κ3) is 5.30. The number of hydrogen-bond acceptors (Lipinski definition) is 7. The van der Waals surface area contributed by atoms with E-state index in [-0.39, 0.29) is 18.3 Å². The highest BCUT2D eigenvalue weighted by Gasteiger charge is 2.17. The number of rotatable bonds is 9. The number of thiophene rings is 1. The summed E-state index contributed by atoms with van der Waals surface area (Å²) >= 11 is 1.64. The summed E-state index contributed by atoms with van der Waals surface area (Å²) in [6, 6.07) is 13.8. The predicted molar refractivity (Wildman–Crippen MR) is 137 cm³/mol. The van der Waals surface area contributed by atoms with Crippen LogP contribution in [-0.2, 0) is 25.1 Å². The third-order valence-corrected chi connectivity index (χ3v) is 6.35. The Labute approximate surface area is 208 Å². The first kappa shape index (κ1) is 24.3. The van der Waals surface area contributed by atoms with Crippen LogP contribution < -0.4 is 15.2 Å². The van der Waals surface area contributed by atoms with Gasteiger partial charge in [0.15, 0.2) is 0 Å². The van der Waals surface area contributed by atoms with Crippen LogP contribution in [0.15, 0.2) is 63.2 Å². The predicted octanol–water partition coefficient (Wildman–Crippen LogP) is 4.78. The molecule has 0 aliphatic heterocycles. The maximum absolute atomic E-state index is 12.6. The first-order valence-corrected chi connectivity index (χ1v) is 12.0. The van der Waals surface area contributed by atoms with Crippen LogP contribution in [0.1, 0.15) is 34.7 Å². The van der Waals surface area contributed by atoms with Crippen molar-refractivity contribution in [3.8, 4) is 17.4 Å².